The van der Waals surface area contributed by atoms with Crippen LogP contribution in [-0.4, -0.2) is 11.1 Å². The lowest BCUT2D eigenvalue weighted by atomic mass is 10.1. The first-order chi connectivity index (χ1) is 9.47. The standard InChI is InChI=1S/C15H13BrClNO2/c1-9-2-3-10(6-13(9)16)8-18-11-4-5-14(17)12(7-11)15(19)20/h2-7,18H,8H2,1H3,(H,19,20). The fraction of sp³-hybridized carbons (Fsp3) is 0.133. The van der Waals surface area contributed by atoms with E-state index in [1.165, 1.54) is 11.6 Å². The molecule has 20 heavy (non-hydrogen) atoms. The molecule has 0 saturated carbocycles. The van der Waals surface area contributed by atoms with Crippen molar-refractivity contribution in [2.75, 3.05) is 5.32 Å². The third-order valence-corrected chi connectivity index (χ3v) is 4.11. The SMILES string of the molecule is Cc1ccc(CNc2ccc(Cl)c(C(=O)O)c2)cc1Br. The summed E-state index contributed by atoms with van der Waals surface area (Å²) >= 11 is 9.32. The number of carboxylic acids is 1. The van der Waals surface area contributed by atoms with E-state index in [4.69, 9.17) is 16.7 Å². The van der Waals surface area contributed by atoms with Crippen LogP contribution in [0.2, 0.25) is 5.02 Å². The second kappa shape index (κ2) is 6.29. The van der Waals surface area contributed by atoms with E-state index in [9.17, 15) is 4.79 Å². The van der Waals surface area contributed by atoms with Crippen LogP contribution in [0, 0.1) is 6.92 Å². The first-order valence-electron chi connectivity index (χ1n) is 5.99. The maximum atomic E-state index is 11.0. The molecular weight excluding hydrogens is 342 g/mol. The van der Waals surface area contributed by atoms with Gasteiger partial charge >= 0.3 is 5.97 Å². The predicted octanol–water partition coefficient (Wildman–Crippen LogP) is 4.72. The van der Waals surface area contributed by atoms with Crippen molar-refractivity contribution in [3.63, 3.8) is 0 Å². The number of benzene rings is 2. The summed E-state index contributed by atoms with van der Waals surface area (Å²) in [6, 6.07) is 11.0. The zero-order valence-electron chi connectivity index (χ0n) is 10.8. The molecule has 0 heterocycles. The second-order valence-electron chi connectivity index (χ2n) is 4.44. The summed E-state index contributed by atoms with van der Waals surface area (Å²) < 4.78 is 1.05. The topological polar surface area (TPSA) is 49.3 Å². The van der Waals surface area contributed by atoms with Crippen molar-refractivity contribution in [2.24, 2.45) is 0 Å². The molecule has 5 heteroatoms. The fourth-order valence-corrected chi connectivity index (χ4v) is 2.37. The van der Waals surface area contributed by atoms with Gasteiger partial charge in [-0.2, -0.15) is 0 Å². The number of aromatic carboxylic acids is 1. The highest BCUT2D eigenvalue weighted by atomic mass is 79.9. The quantitative estimate of drug-likeness (QED) is 0.835. The monoisotopic (exact) mass is 353 g/mol. The van der Waals surface area contributed by atoms with Crippen LogP contribution < -0.4 is 5.32 Å². The number of rotatable bonds is 4. The highest BCUT2D eigenvalue weighted by Crippen LogP contribution is 2.22. The first kappa shape index (κ1) is 14.9. The van der Waals surface area contributed by atoms with E-state index in [0.717, 1.165) is 15.7 Å². The fourth-order valence-electron chi connectivity index (χ4n) is 1.75. The molecule has 104 valence electrons. The molecule has 0 aliphatic heterocycles. The maximum absolute atomic E-state index is 11.0. The highest BCUT2D eigenvalue weighted by molar-refractivity contribution is 9.10. The smallest absolute Gasteiger partial charge is 0.337 e. The van der Waals surface area contributed by atoms with Crippen molar-refractivity contribution >= 4 is 39.2 Å². The Morgan fingerprint density at radius 1 is 1.30 bits per heavy atom. The Labute approximate surface area is 130 Å². The largest absolute Gasteiger partial charge is 0.478 e. The number of carboxylic acid groups (broad SMARTS) is 1. The second-order valence-corrected chi connectivity index (χ2v) is 5.70. The van der Waals surface area contributed by atoms with Gasteiger partial charge in [0, 0.05) is 16.7 Å². The highest BCUT2D eigenvalue weighted by Gasteiger charge is 2.09. The molecule has 0 aliphatic rings. The van der Waals surface area contributed by atoms with Gasteiger partial charge in [-0.05, 0) is 42.3 Å². The van der Waals surface area contributed by atoms with Crippen molar-refractivity contribution in [1.29, 1.82) is 0 Å². The summed E-state index contributed by atoms with van der Waals surface area (Å²) in [5.41, 5.74) is 3.10. The van der Waals surface area contributed by atoms with Gasteiger partial charge in [-0.3, -0.25) is 0 Å². The van der Waals surface area contributed by atoms with Crippen LogP contribution in [0.4, 0.5) is 5.69 Å². The lowest BCUT2D eigenvalue weighted by molar-refractivity contribution is 0.0697. The Bertz CT molecular complexity index is 658. The summed E-state index contributed by atoms with van der Waals surface area (Å²) in [7, 11) is 0. The minimum absolute atomic E-state index is 0.0988. The lowest BCUT2D eigenvalue weighted by Crippen LogP contribution is -2.03. The third-order valence-electron chi connectivity index (χ3n) is 2.93. The number of nitrogens with one attached hydrogen (secondary N) is 1. The summed E-state index contributed by atoms with van der Waals surface area (Å²) in [5.74, 6) is -1.03. The van der Waals surface area contributed by atoms with Crippen LogP contribution in [0.3, 0.4) is 0 Å². The van der Waals surface area contributed by atoms with Crippen LogP contribution in [-0.2, 0) is 6.54 Å². The molecule has 0 radical (unpaired) electrons. The molecule has 0 amide bonds. The van der Waals surface area contributed by atoms with Crippen LogP contribution >= 0.6 is 27.5 Å². The zero-order valence-corrected chi connectivity index (χ0v) is 13.1. The Balaban J connectivity index is 2.12. The third kappa shape index (κ3) is 3.52. The average Bonchev–Trinajstić information content (AvgIpc) is 2.41. The molecule has 3 nitrogen and oxygen atoms in total. The number of hydrogen-bond acceptors (Lipinski definition) is 2. The van der Waals surface area contributed by atoms with Crippen LogP contribution in [0.1, 0.15) is 21.5 Å². The molecule has 0 aromatic heterocycles. The molecule has 0 spiro atoms. The Kier molecular flexibility index (Phi) is 4.68. The molecule has 0 fully saturated rings. The van der Waals surface area contributed by atoms with Crippen LogP contribution in [0.15, 0.2) is 40.9 Å². The van der Waals surface area contributed by atoms with E-state index in [1.54, 1.807) is 12.1 Å². The minimum Gasteiger partial charge on any atom is -0.478 e. The minimum atomic E-state index is -1.03. The molecule has 2 rings (SSSR count). The normalized spacial score (nSPS) is 10.3. The average molecular weight is 355 g/mol. The van der Waals surface area contributed by atoms with E-state index in [-0.39, 0.29) is 10.6 Å². The number of carbonyl (C=O) groups is 1. The van der Waals surface area contributed by atoms with E-state index < -0.39 is 5.97 Å². The number of hydrogen-bond donors (Lipinski definition) is 2. The Morgan fingerprint density at radius 3 is 2.70 bits per heavy atom. The van der Waals surface area contributed by atoms with Crippen molar-refractivity contribution in [3.05, 3.63) is 62.6 Å². The van der Waals surface area contributed by atoms with Gasteiger partial charge < -0.3 is 10.4 Å². The summed E-state index contributed by atoms with van der Waals surface area (Å²) in [5, 5.41) is 12.4. The molecule has 0 unspecified atom stereocenters. The van der Waals surface area contributed by atoms with Gasteiger partial charge in [-0.1, -0.05) is 39.7 Å². The van der Waals surface area contributed by atoms with Gasteiger partial charge in [0.15, 0.2) is 0 Å². The van der Waals surface area contributed by atoms with Gasteiger partial charge in [0.05, 0.1) is 10.6 Å². The van der Waals surface area contributed by atoms with Crippen molar-refractivity contribution in [2.45, 2.75) is 13.5 Å². The van der Waals surface area contributed by atoms with E-state index in [2.05, 4.69) is 21.2 Å². The molecule has 0 bridgehead atoms. The molecule has 0 saturated heterocycles. The molecule has 2 N–H and O–H groups in total. The van der Waals surface area contributed by atoms with Gasteiger partial charge in [-0.25, -0.2) is 4.79 Å². The first-order valence-corrected chi connectivity index (χ1v) is 7.16. The zero-order chi connectivity index (χ0) is 14.7. The lowest BCUT2D eigenvalue weighted by Gasteiger charge is -2.09. The van der Waals surface area contributed by atoms with Crippen molar-refractivity contribution in [1.82, 2.24) is 0 Å². The molecular formula is C15H13BrClNO2. The molecule has 0 atom stereocenters. The summed E-state index contributed by atoms with van der Waals surface area (Å²) in [6.45, 7) is 2.64. The van der Waals surface area contributed by atoms with E-state index >= 15 is 0 Å². The Morgan fingerprint density at radius 2 is 2.05 bits per heavy atom. The van der Waals surface area contributed by atoms with Crippen molar-refractivity contribution < 1.29 is 9.90 Å². The summed E-state index contributed by atoms with van der Waals surface area (Å²) in [6.07, 6.45) is 0. The van der Waals surface area contributed by atoms with E-state index in [1.807, 2.05) is 25.1 Å². The summed E-state index contributed by atoms with van der Waals surface area (Å²) in [4.78, 5) is 11.0. The van der Waals surface area contributed by atoms with Gasteiger partial charge in [-0.15, -0.1) is 0 Å². The van der Waals surface area contributed by atoms with Gasteiger partial charge in [0.2, 0.25) is 0 Å². The molecule has 2 aromatic rings. The predicted molar refractivity (Wildman–Crippen MR) is 84.6 cm³/mol. The van der Waals surface area contributed by atoms with E-state index in [0.29, 0.717) is 6.54 Å². The van der Waals surface area contributed by atoms with Crippen LogP contribution in [0.5, 0.6) is 0 Å². The number of anilines is 1. The number of halogens is 2. The molecule has 0 aliphatic carbocycles. The number of aryl methyl sites for hydroxylation is 1. The van der Waals surface area contributed by atoms with Crippen LogP contribution in [0.25, 0.3) is 0 Å². The maximum Gasteiger partial charge on any atom is 0.337 e. The van der Waals surface area contributed by atoms with Gasteiger partial charge in [0.25, 0.3) is 0 Å². The van der Waals surface area contributed by atoms with Crippen molar-refractivity contribution in [3.8, 4) is 0 Å². The van der Waals surface area contributed by atoms with Gasteiger partial charge in [0.1, 0.15) is 0 Å². The molecule has 2 aromatic carbocycles. The Hall–Kier alpha value is -1.52.